The smallest absolute Gasteiger partial charge is 0.239 e. The summed E-state index contributed by atoms with van der Waals surface area (Å²) in [6.45, 7) is 0.428. The summed E-state index contributed by atoms with van der Waals surface area (Å²) in [4.78, 5) is 23.8. The van der Waals surface area contributed by atoms with Crippen molar-refractivity contribution < 1.29 is 9.59 Å². The predicted molar refractivity (Wildman–Crippen MR) is 99.0 cm³/mol. The molecule has 126 valence electrons. The van der Waals surface area contributed by atoms with Crippen molar-refractivity contribution in [1.82, 2.24) is 10.6 Å². The van der Waals surface area contributed by atoms with Crippen molar-refractivity contribution in [3.8, 4) is 0 Å². The average Bonchev–Trinajstić information content (AvgIpc) is 2.65. The molecule has 0 saturated carbocycles. The van der Waals surface area contributed by atoms with E-state index in [0.29, 0.717) is 6.54 Å². The normalized spacial score (nSPS) is 10.4. The average molecular weight is 332 g/mol. The van der Waals surface area contributed by atoms with E-state index in [2.05, 4.69) is 22.8 Å². The number of fused-ring (bicyclic) bond motifs is 1. The molecule has 0 aliphatic carbocycles. The van der Waals surface area contributed by atoms with E-state index in [-0.39, 0.29) is 24.8 Å². The molecular weight excluding hydrogens is 312 g/mol. The van der Waals surface area contributed by atoms with Gasteiger partial charge in [-0.3, -0.25) is 9.59 Å². The highest BCUT2D eigenvalue weighted by Crippen LogP contribution is 2.15. The van der Waals surface area contributed by atoms with Gasteiger partial charge in [0.1, 0.15) is 0 Å². The molecule has 0 aliphatic rings. The van der Waals surface area contributed by atoms with E-state index in [1.807, 2.05) is 60.7 Å². The number of rotatable bonds is 6. The lowest BCUT2D eigenvalue weighted by Crippen LogP contribution is -2.37. The van der Waals surface area contributed by atoms with Gasteiger partial charge in [0.2, 0.25) is 11.8 Å². The highest BCUT2D eigenvalue weighted by Gasteiger charge is 2.06. The van der Waals surface area contributed by atoms with Gasteiger partial charge in [0, 0.05) is 6.54 Å². The third-order valence-electron chi connectivity index (χ3n) is 3.96. The van der Waals surface area contributed by atoms with Gasteiger partial charge in [-0.25, -0.2) is 0 Å². The molecule has 2 amide bonds. The number of nitrogens with one attached hydrogen (secondary N) is 2. The molecule has 0 saturated heterocycles. The Morgan fingerprint density at radius 3 is 2.20 bits per heavy atom. The van der Waals surface area contributed by atoms with Gasteiger partial charge in [0.05, 0.1) is 13.0 Å². The lowest BCUT2D eigenvalue weighted by atomic mass is 10.1. The summed E-state index contributed by atoms with van der Waals surface area (Å²) >= 11 is 0. The van der Waals surface area contributed by atoms with E-state index >= 15 is 0 Å². The lowest BCUT2D eigenvalue weighted by molar-refractivity contribution is -0.125. The van der Waals surface area contributed by atoms with Crippen molar-refractivity contribution in [3.63, 3.8) is 0 Å². The van der Waals surface area contributed by atoms with Gasteiger partial charge in [-0.05, 0) is 28.0 Å². The van der Waals surface area contributed by atoms with Crippen LogP contribution in [0.4, 0.5) is 0 Å². The molecule has 25 heavy (non-hydrogen) atoms. The van der Waals surface area contributed by atoms with Crippen LogP contribution in [0.25, 0.3) is 10.8 Å². The minimum atomic E-state index is -0.199. The third-order valence-corrected chi connectivity index (χ3v) is 3.96. The van der Waals surface area contributed by atoms with Crippen LogP contribution in [0.1, 0.15) is 11.1 Å². The van der Waals surface area contributed by atoms with E-state index < -0.39 is 0 Å². The molecule has 0 heterocycles. The molecule has 3 rings (SSSR count). The van der Waals surface area contributed by atoms with Gasteiger partial charge < -0.3 is 10.6 Å². The fourth-order valence-corrected chi connectivity index (χ4v) is 2.63. The Balaban J connectivity index is 1.45. The first-order valence-corrected chi connectivity index (χ1v) is 8.26. The second-order valence-electron chi connectivity index (χ2n) is 5.90. The molecule has 4 heteroatoms. The first kappa shape index (κ1) is 16.7. The summed E-state index contributed by atoms with van der Waals surface area (Å²) in [6, 6.07) is 23.6. The summed E-state index contributed by atoms with van der Waals surface area (Å²) in [5.41, 5.74) is 1.96. The molecule has 0 bridgehead atoms. The van der Waals surface area contributed by atoms with Gasteiger partial charge in [0.25, 0.3) is 0 Å². The first-order valence-electron chi connectivity index (χ1n) is 8.26. The van der Waals surface area contributed by atoms with Gasteiger partial charge >= 0.3 is 0 Å². The molecule has 0 radical (unpaired) electrons. The SMILES string of the molecule is O=C(CNC(=O)Cc1ccccc1)NCc1ccc2ccccc2c1. The Hall–Kier alpha value is -3.14. The number of carbonyl (C=O) groups is 2. The maximum absolute atomic E-state index is 11.9. The quantitative estimate of drug-likeness (QED) is 0.729. The second kappa shape index (κ2) is 8.11. The van der Waals surface area contributed by atoms with Crippen LogP contribution in [-0.2, 0) is 22.6 Å². The summed E-state index contributed by atoms with van der Waals surface area (Å²) in [7, 11) is 0. The summed E-state index contributed by atoms with van der Waals surface area (Å²) < 4.78 is 0. The molecular formula is C21H20N2O2. The number of carbonyl (C=O) groups excluding carboxylic acids is 2. The summed E-state index contributed by atoms with van der Waals surface area (Å²) in [5.74, 6) is -0.360. The third kappa shape index (κ3) is 4.91. The summed E-state index contributed by atoms with van der Waals surface area (Å²) in [5, 5.41) is 7.79. The Bertz CT molecular complexity index is 875. The second-order valence-corrected chi connectivity index (χ2v) is 5.90. The minimum absolute atomic E-state index is 0.0146. The van der Waals surface area contributed by atoms with E-state index in [9.17, 15) is 9.59 Å². The van der Waals surface area contributed by atoms with E-state index in [0.717, 1.165) is 16.5 Å². The van der Waals surface area contributed by atoms with E-state index in [4.69, 9.17) is 0 Å². The first-order chi connectivity index (χ1) is 12.2. The van der Waals surface area contributed by atoms with Crippen molar-refractivity contribution in [1.29, 1.82) is 0 Å². The van der Waals surface area contributed by atoms with Crippen molar-refractivity contribution >= 4 is 22.6 Å². The molecule has 0 spiro atoms. The van der Waals surface area contributed by atoms with Crippen LogP contribution < -0.4 is 10.6 Å². The zero-order chi connectivity index (χ0) is 17.5. The van der Waals surface area contributed by atoms with Crippen LogP contribution in [0, 0.1) is 0 Å². The molecule has 0 aromatic heterocycles. The molecule has 0 atom stereocenters. The highest BCUT2D eigenvalue weighted by molar-refractivity contribution is 5.86. The maximum Gasteiger partial charge on any atom is 0.239 e. The number of benzene rings is 3. The lowest BCUT2D eigenvalue weighted by Gasteiger charge is -2.08. The van der Waals surface area contributed by atoms with Crippen LogP contribution in [0.15, 0.2) is 72.8 Å². The maximum atomic E-state index is 11.9. The molecule has 4 nitrogen and oxygen atoms in total. The Kier molecular flexibility index (Phi) is 5.42. The Labute approximate surface area is 146 Å². The van der Waals surface area contributed by atoms with Gasteiger partial charge in [0.15, 0.2) is 0 Å². The molecule has 3 aromatic rings. The van der Waals surface area contributed by atoms with Crippen molar-refractivity contribution in [3.05, 3.63) is 83.9 Å². The number of hydrogen-bond acceptors (Lipinski definition) is 2. The monoisotopic (exact) mass is 332 g/mol. The van der Waals surface area contributed by atoms with Crippen LogP contribution in [0.3, 0.4) is 0 Å². The zero-order valence-electron chi connectivity index (χ0n) is 13.9. The van der Waals surface area contributed by atoms with Gasteiger partial charge in [-0.2, -0.15) is 0 Å². The largest absolute Gasteiger partial charge is 0.350 e. The van der Waals surface area contributed by atoms with Crippen LogP contribution in [-0.4, -0.2) is 18.4 Å². The van der Waals surface area contributed by atoms with Crippen molar-refractivity contribution in [2.45, 2.75) is 13.0 Å². The number of hydrogen-bond donors (Lipinski definition) is 2. The fourth-order valence-electron chi connectivity index (χ4n) is 2.63. The van der Waals surface area contributed by atoms with Crippen molar-refractivity contribution in [2.75, 3.05) is 6.54 Å². The Morgan fingerprint density at radius 2 is 1.40 bits per heavy atom. The van der Waals surface area contributed by atoms with E-state index in [1.54, 1.807) is 0 Å². The van der Waals surface area contributed by atoms with Crippen LogP contribution in [0.5, 0.6) is 0 Å². The molecule has 0 fully saturated rings. The molecule has 0 aliphatic heterocycles. The molecule has 2 N–H and O–H groups in total. The summed E-state index contributed by atoms with van der Waals surface area (Å²) in [6.07, 6.45) is 0.277. The van der Waals surface area contributed by atoms with E-state index in [1.165, 1.54) is 5.39 Å². The fraction of sp³-hybridized carbons (Fsp3) is 0.143. The Morgan fingerprint density at radius 1 is 0.680 bits per heavy atom. The minimum Gasteiger partial charge on any atom is -0.350 e. The number of amides is 2. The zero-order valence-corrected chi connectivity index (χ0v) is 13.9. The van der Waals surface area contributed by atoms with Gasteiger partial charge in [-0.15, -0.1) is 0 Å². The van der Waals surface area contributed by atoms with Crippen LogP contribution in [0.2, 0.25) is 0 Å². The topological polar surface area (TPSA) is 58.2 Å². The van der Waals surface area contributed by atoms with Gasteiger partial charge in [-0.1, -0.05) is 66.7 Å². The standard InChI is InChI=1S/C21H20N2O2/c24-20(13-16-6-2-1-3-7-16)23-15-21(25)22-14-17-10-11-18-8-4-5-9-19(18)12-17/h1-12H,13-15H2,(H,22,25)(H,23,24). The highest BCUT2D eigenvalue weighted by atomic mass is 16.2. The predicted octanol–water partition coefficient (Wildman–Crippen LogP) is 2.81. The molecule has 3 aromatic carbocycles. The molecule has 0 unspecified atom stereocenters. The van der Waals surface area contributed by atoms with Crippen LogP contribution >= 0.6 is 0 Å². The van der Waals surface area contributed by atoms with Crippen molar-refractivity contribution in [2.24, 2.45) is 0 Å².